The molecule has 2 heterocycles. The van der Waals surface area contributed by atoms with Gasteiger partial charge in [-0.2, -0.15) is 0 Å². The molecule has 2 aliphatic rings. The van der Waals surface area contributed by atoms with Crippen molar-refractivity contribution in [2.75, 3.05) is 36.0 Å². The molecule has 0 aliphatic carbocycles. The van der Waals surface area contributed by atoms with Gasteiger partial charge >= 0.3 is 0 Å². The second kappa shape index (κ2) is 6.20. The number of nitrogens with zero attached hydrogens (tertiary/aromatic N) is 3. The molecule has 0 aromatic heterocycles. The van der Waals surface area contributed by atoms with Gasteiger partial charge in [-0.1, -0.05) is 6.07 Å². The number of benzene rings is 1. The zero-order chi connectivity index (χ0) is 16.6. The van der Waals surface area contributed by atoms with Crippen molar-refractivity contribution in [2.24, 2.45) is 0 Å². The molecule has 6 heteroatoms. The minimum atomic E-state index is -0.984. The van der Waals surface area contributed by atoms with Crippen LogP contribution in [0.25, 0.3) is 0 Å². The molecular weight excluding hydrogens is 294 g/mol. The maximum Gasteiger partial charge on any atom is 0.242 e. The van der Waals surface area contributed by atoms with Gasteiger partial charge in [0.25, 0.3) is 0 Å². The number of aldehydes is 1. The van der Waals surface area contributed by atoms with Gasteiger partial charge in [0.1, 0.15) is 12.8 Å². The molecule has 6 nitrogen and oxygen atoms in total. The van der Waals surface area contributed by atoms with Crippen LogP contribution in [0.2, 0.25) is 0 Å². The maximum absolute atomic E-state index is 12.5. The van der Waals surface area contributed by atoms with Crippen LogP contribution in [0.3, 0.4) is 0 Å². The first kappa shape index (κ1) is 15.8. The van der Waals surface area contributed by atoms with E-state index in [0.717, 1.165) is 54.7 Å². The van der Waals surface area contributed by atoms with Gasteiger partial charge in [-0.25, -0.2) is 0 Å². The highest BCUT2D eigenvalue weighted by molar-refractivity contribution is 5.89. The Labute approximate surface area is 136 Å². The van der Waals surface area contributed by atoms with Gasteiger partial charge in [0.05, 0.1) is 17.9 Å². The van der Waals surface area contributed by atoms with E-state index in [9.17, 15) is 14.7 Å². The summed E-state index contributed by atoms with van der Waals surface area (Å²) in [5.41, 5.74) is 3.73. The molecule has 0 bridgehead atoms. The molecule has 124 valence electrons. The number of aryl methyl sites for hydroxylation is 2. The number of fused-ring (bicyclic) bond motifs is 1. The molecule has 3 rings (SSSR count). The standard InChI is InChI=1S/C17H23N3O3/c1-12-9-13(2)16-14(10-12)19(7-8-21)17(23)20(16)11-15(22)18-5-3-4-6-18/h8-10,17,23H,3-7,11H2,1-2H3. The van der Waals surface area contributed by atoms with Gasteiger partial charge in [-0.15, -0.1) is 0 Å². The first-order chi connectivity index (χ1) is 11.0. The minimum absolute atomic E-state index is 0.0282. The van der Waals surface area contributed by atoms with E-state index in [1.807, 2.05) is 30.9 Å². The third-order valence-corrected chi connectivity index (χ3v) is 4.61. The Morgan fingerprint density at radius 1 is 1.26 bits per heavy atom. The fraction of sp³-hybridized carbons (Fsp3) is 0.529. The Kier molecular flexibility index (Phi) is 4.26. The zero-order valence-corrected chi connectivity index (χ0v) is 13.7. The Morgan fingerprint density at radius 2 is 1.96 bits per heavy atom. The van der Waals surface area contributed by atoms with Gasteiger partial charge < -0.3 is 24.6 Å². The van der Waals surface area contributed by atoms with E-state index in [1.54, 1.807) is 9.80 Å². The van der Waals surface area contributed by atoms with E-state index < -0.39 is 6.35 Å². The van der Waals surface area contributed by atoms with Crippen molar-refractivity contribution in [1.82, 2.24) is 4.90 Å². The summed E-state index contributed by atoms with van der Waals surface area (Å²) < 4.78 is 0. The second-order valence-electron chi connectivity index (χ2n) is 6.33. The Hall–Kier alpha value is -2.08. The summed E-state index contributed by atoms with van der Waals surface area (Å²) in [4.78, 5) is 28.6. The van der Waals surface area contributed by atoms with Crippen LogP contribution in [0.15, 0.2) is 12.1 Å². The topological polar surface area (TPSA) is 64.1 Å². The molecule has 23 heavy (non-hydrogen) atoms. The van der Waals surface area contributed by atoms with Crippen molar-refractivity contribution < 1.29 is 14.7 Å². The molecule has 1 aromatic rings. The highest BCUT2D eigenvalue weighted by Gasteiger charge is 2.37. The van der Waals surface area contributed by atoms with Gasteiger partial charge in [0.15, 0.2) is 0 Å². The smallest absolute Gasteiger partial charge is 0.242 e. The summed E-state index contributed by atoms with van der Waals surface area (Å²) in [6, 6.07) is 3.98. The Morgan fingerprint density at radius 3 is 2.61 bits per heavy atom. The fourth-order valence-electron chi connectivity index (χ4n) is 3.58. The third-order valence-electron chi connectivity index (χ3n) is 4.61. The van der Waals surface area contributed by atoms with E-state index in [2.05, 4.69) is 0 Å². The van der Waals surface area contributed by atoms with E-state index in [4.69, 9.17) is 0 Å². The minimum Gasteiger partial charge on any atom is -0.356 e. The number of aliphatic hydroxyl groups excluding tert-OH is 1. The number of anilines is 2. The predicted octanol–water partition coefficient (Wildman–Crippen LogP) is 1.03. The SMILES string of the molecule is Cc1cc(C)c2c(c1)N(CC=O)C(O)N2CC(=O)N1CCCC1. The molecule has 1 unspecified atom stereocenters. The number of hydrogen-bond acceptors (Lipinski definition) is 5. The molecular formula is C17H23N3O3. The lowest BCUT2D eigenvalue weighted by atomic mass is 10.1. The van der Waals surface area contributed by atoms with Crippen LogP contribution in [0.1, 0.15) is 24.0 Å². The van der Waals surface area contributed by atoms with Gasteiger partial charge in [0, 0.05) is 13.1 Å². The molecule has 0 saturated carbocycles. The van der Waals surface area contributed by atoms with E-state index in [0.29, 0.717) is 0 Å². The predicted molar refractivity (Wildman–Crippen MR) is 88.5 cm³/mol. The fourth-order valence-corrected chi connectivity index (χ4v) is 3.58. The van der Waals surface area contributed by atoms with Crippen LogP contribution >= 0.6 is 0 Å². The van der Waals surface area contributed by atoms with Crippen molar-refractivity contribution in [3.05, 3.63) is 23.3 Å². The number of hydrogen-bond donors (Lipinski definition) is 1. The molecule has 1 amide bonds. The highest BCUT2D eigenvalue weighted by Crippen LogP contribution is 2.41. The lowest BCUT2D eigenvalue weighted by Crippen LogP contribution is -2.48. The van der Waals surface area contributed by atoms with Crippen molar-refractivity contribution >= 4 is 23.6 Å². The maximum atomic E-state index is 12.5. The number of amides is 1. The Balaban J connectivity index is 1.91. The number of aliphatic hydroxyl groups is 1. The molecule has 1 atom stereocenters. The Bertz CT molecular complexity index is 626. The van der Waals surface area contributed by atoms with Crippen molar-refractivity contribution in [1.29, 1.82) is 0 Å². The monoisotopic (exact) mass is 317 g/mol. The lowest BCUT2D eigenvalue weighted by Gasteiger charge is -2.28. The van der Waals surface area contributed by atoms with Crippen LogP contribution in [0.4, 0.5) is 11.4 Å². The van der Waals surface area contributed by atoms with Crippen molar-refractivity contribution in [3.63, 3.8) is 0 Å². The quantitative estimate of drug-likeness (QED) is 0.840. The molecule has 2 aliphatic heterocycles. The van der Waals surface area contributed by atoms with Crippen LogP contribution in [-0.2, 0) is 9.59 Å². The molecule has 1 N–H and O–H groups in total. The molecule has 0 spiro atoms. The molecule has 1 saturated heterocycles. The summed E-state index contributed by atoms with van der Waals surface area (Å²) >= 11 is 0. The summed E-state index contributed by atoms with van der Waals surface area (Å²) in [6.07, 6.45) is 1.87. The first-order valence-corrected chi connectivity index (χ1v) is 8.07. The van der Waals surface area contributed by atoms with Gasteiger partial charge in [0.2, 0.25) is 12.3 Å². The number of rotatable bonds is 4. The number of carbonyl (C=O) groups is 2. The van der Waals surface area contributed by atoms with E-state index >= 15 is 0 Å². The van der Waals surface area contributed by atoms with Crippen LogP contribution < -0.4 is 9.80 Å². The normalized spacial score (nSPS) is 20.1. The highest BCUT2D eigenvalue weighted by atomic mass is 16.3. The summed E-state index contributed by atoms with van der Waals surface area (Å²) in [5.74, 6) is 0.0282. The van der Waals surface area contributed by atoms with Crippen LogP contribution in [0.5, 0.6) is 0 Å². The van der Waals surface area contributed by atoms with Gasteiger partial charge in [-0.3, -0.25) is 4.79 Å². The van der Waals surface area contributed by atoms with Crippen molar-refractivity contribution in [2.45, 2.75) is 33.0 Å². The molecule has 0 radical (unpaired) electrons. The zero-order valence-electron chi connectivity index (χ0n) is 13.7. The number of likely N-dealkylation sites (tertiary alicyclic amines) is 1. The summed E-state index contributed by atoms with van der Waals surface area (Å²) in [7, 11) is 0. The lowest BCUT2D eigenvalue weighted by molar-refractivity contribution is -0.129. The largest absolute Gasteiger partial charge is 0.356 e. The molecule has 1 aromatic carbocycles. The van der Waals surface area contributed by atoms with E-state index in [1.165, 1.54) is 0 Å². The average molecular weight is 317 g/mol. The summed E-state index contributed by atoms with van der Waals surface area (Å²) in [5, 5.41) is 10.6. The van der Waals surface area contributed by atoms with Crippen LogP contribution in [0, 0.1) is 13.8 Å². The first-order valence-electron chi connectivity index (χ1n) is 8.07. The third kappa shape index (κ3) is 2.79. The van der Waals surface area contributed by atoms with Crippen LogP contribution in [-0.4, -0.2) is 54.7 Å². The summed E-state index contributed by atoms with van der Waals surface area (Å²) in [6.45, 7) is 5.77. The molecule has 1 fully saturated rings. The van der Waals surface area contributed by atoms with Crippen molar-refractivity contribution in [3.8, 4) is 0 Å². The second-order valence-corrected chi connectivity index (χ2v) is 6.33. The average Bonchev–Trinajstić information content (AvgIpc) is 3.10. The van der Waals surface area contributed by atoms with Gasteiger partial charge in [-0.05, 0) is 43.9 Å². The van der Waals surface area contributed by atoms with E-state index in [-0.39, 0.29) is 19.0 Å². The number of carbonyl (C=O) groups excluding carboxylic acids is 2.